The zero-order valence-electron chi connectivity index (χ0n) is 9.29. The molecule has 0 rings (SSSR count). The van der Waals surface area contributed by atoms with Gasteiger partial charge in [-0.2, -0.15) is 0 Å². The number of hydrogen-bond donors (Lipinski definition) is 0. The summed E-state index contributed by atoms with van der Waals surface area (Å²) in [6.45, 7) is 11.0. The summed E-state index contributed by atoms with van der Waals surface area (Å²) in [6.07, 6.45) is 3.59. The average molecular weight is 199 g/mol. The lowest BCUT2D eigenvalue weighted by Gasteiger charge is -2.19. The molecule has 14 heavy (non-hydrogen) atoms. The van der Waals surface area contributed by atoms with Crippen LogP contribution < -0.4 is 0 Å². The highest BCUT2D eigenvalue weighted by Gasteiger charge is 2.02. The molecule has 0 spiro atoms. The van der Waals surface area contributed by atoms with Crippen molar-refractivity contribution in [1.82, 2.24) is 4.90 Å². The average Bonchev–Trinajstić information content (AvgIpc) is 2.22. The molecule has 0 bridgehead atoms. The number of esters is 1. The van der Waals surface area contributed by atoms with Crippen LogP contribution in [0, 0.1) is 0 Å². The van der Waals surface area contributed by atoms with Crippen LogP contribution in [0.4, 0.5) is 0 Å². The van der Waals surface area contributed by atoms with E-state index < -0.39 is 0 Å². The molecular formula is C11H21NO2. The van der Waals surface area contributed by atoms with Crippen molar-refractivity contribution in [3.63, 3.8) is 0 Å². The fraction of sp³-hybridized carbons (Fsp3) is 0.727. The summed E-state index contributed by atoms with van der Waals surface area (Å²) in [5.74, 6) is -0.337. The monoisotopic (exact) mass is 199 g/mol. The molecule has 0 fully saturated rings. The van der Waals surface area contributed by atoms with Gasteiger partial charge in [0.1, 0.15) is 6.61 Å². The van der Waals surface area contributed by atoms with Gasteiger partial charge in [0, 0.05) is 12.6 Å². The number of rotatable bonds is 8. The van der Waals surface area contributed by atoms with E-state index in [0.717, 1.165) is 19.6 Å². The van der Waals surface area contributed by atoms with Crippen molar-refractivity contribution >= 4 is 5.97 Å². The van der Waals surface area contributed by atoms with Gasteiger partial charge in [-0.3, -0.25) is 0 Å². The van der Waals surface area contributed by atoms with Gasteiger partial charge in [0.2, 0.25) is 0 Å². The van der Waals surface area contributed by atoms with Crippen molar-refractivity contribution in [3.05, 3.63) is 12.7 Å². The summed E-state index contributed by atoms with van der Waals surface area (Å²) >= 11 is 0. The normalized spacial score (nSPS) is 10.2. The van der Waals surface area contributed by atoms with Gasteiger partial charge in [0.15, 0.2) is 0 Å². The summed E-state index contributed by atoms with van der Waals surface area (Å²) in [4.78, 5) is 13.0. The van der Waals surface area contributed by atoms with Gasteiger partial charge in [-0.1, -0.05) is 26.8 Å². The summed E-state index contributed by atoms with van der Waals surface area (Å²) in [7, 11) is 0. The second-order valence-electron chi connectivity index (χ2n) is 3.16. The number of likely N-dealkylation sites (N-methyl/N-ethyl adjacent to an activating group) is 1. The molecule has 0 aromatic rings. The van der Waals surface area contributed by atoms with Crippen LogP contribution in [0.25, 0.3) is 0 Å². The van der Waals surface area contributed by atoms with Crippen LogP contribution in [-0.4, -0.2) is 37.1 Å². The highest BCUT2D eigenvalue weighted by molar-refractivity contribution is 5.81. The third-order valence-electron chi connectivity index (χ3n) is 2.09. The first-order valence-electron chi connectivity index (χ1n) is 5.26. The Bertz CT molecular complexity index is 169. The molecule has 0 aromatic carbocycles. The van der Waals surface area contributed by atoms with E-state index in [9.17, 15) is 4.79 Å². The van der Waals surface area contributed by atoms with Crippen LogP contribution >= 0.6 is 0 Å². The standard InChI is InChI=1S/C11H21NO2/c1-4-7-8-12(6-3)9-10-14-11(13)5-2/h5H,2,4,6-10H2,1,3H3. The fourth-order valence-corrected chi connectivity index (χ4v) is 1.14. The molecule has 0 heterocycles. The smallest absolute Gasteiger partial charge is 0.330 e. The van der Waals surface area contributed by atoms with Crippen LogP contribution in [0.1, 0.15) is 26.7 Å². The molecule has 0 unspecified atom stereocenters. The summed E-state index contributed by atoms with van der Waals surface area (Å²) in [6, 6.07) is 0. The lowest BCUT2D eigenvalue weighted by molar-refractivity contribution is -0.138. The molecule has 0 radical (unpaired) electrons. The molecule has 0 aliphatic heterocycles. The molecule has 3 heteroatoms. The Labute approximate surface area is 86.7 Å². The Kier molecular flexibility index (Phi) is 8.24. The number of carbonyl (C=O) groups is 1. The number of nitrogens with zero attached hydrogens (tertiary/aromatic N) is 1. The van der Waals surface area contributed by atoms with Gasteiger partial charge in [-0.05, 0) is 19.5 Å². The van der Waals surface area contributed by atoms with Crippen molar-refractivity contribution < 1.29 is 9.53 Å². The minimum absolute atomic E-state index is 0.337. The maximum atomic E-state index is 10.7. The Balaban J connectivity index is 3.51. The molecule has 0 saturated carbocycles. The second kappa shape index (κ2) is 8.75. The van der Waals surface area contributed by atoms with E-state index in [1.165, 1.54) is 18.9 Å². The first kappa shape index (κ1) is 13.2. The highest BCUT2D eigenvalue weighted by Crippen LogP contribution is 1.94. The number of ether oxygens (including phenoxy) is 1. The molecule has 0 aromatic heterocycles. The molecular weight excluding hydrogens is 178 g/mol. The van der Waals surface area contributed by atoms with Gasteiger partial charge in [0.05, 0.1) is 0 Å². The largest absolute Gasteiger partial charge is 0.461 e. The second-order valence-corrected chi connectivity index (χ2v) is 3.16. The van der Waals surface area contributed by atoms with E-state index in [1.807, 2.05) is 0 Å². The molecule has 3 nitrogen and oxygen atoms in total. The SMILES string of the molecule is C=CC(=O)OCCN(CC)CCCC. The fourth-order valence-electron chi connectivity index (χ4n) is 1.14. The Morgan fingerprint density at radius 2 is 2.14 bits per heavy atom. The Morgan fingerprint density at radius 1 is 1.43 bits per heavy atom. The lowest BCUT2D eigenvalue weighted by Crippen LogP contribution is -2.29. The number of unbranched alkanes of at least 4 members (excludes halogenated alkanes) is 1. The molecule has 0 N–H and O–H groups in total. The minimum Gasteiger partial charge on any atom is -0.461 e. The molecule has 82 valence electrons. The Morgan fingerprint density at radius 3 is 2.64 bits per heavy atom. The molecule has 0 atom stereocenters. The van der Waals surface area contributed by atoms with Crippen LogP contribution in [0.3, 0.4) is 0 Å². The van der Waals surface area contributed by atoms with Crippen LogP contribution in [0.2, 0.25) is 0 Å². The van der Waals surface area contributed by atoms with Gasteiger partial charge in [-0.15, -0.1) is 0 Å². The van der Waals surface area contributed by atoms with Crippen molar-refractivity contribution in [3.8, 4) is 0 Å². The molecule has 0 amide bonds. The Hall–Kier alpha value is -0.830. The summed E-state index contributed by atoms with van der Waals surface area (Å²) in [5, 5.41) is 0. The lowest BCUT2D eigenvalue weighted by atomic mass is 10.3. The van der Waals surface area contributed by atoms with E-state index in [-0.39, 0.29) is 5.97 Å². The van der Waals surface area contributed by atoms with E-state index in [4.69, 9.17) is 4.74 Å². The van der Waals surface area contributed by atoms with Gasteiger partial charge in [0.25, 0.3) is 0 Å². The van der Waals surface area contributed by atoms with Crippen molar-refractivity contribution in [2.45, 2.75) is 26.7 Å². The third kappa shape index (κ3) is 6.66. The van der Waals surface area contributed by atoms with Crippen LogP contribution in [-0.2, 0) is 9.53 Å². The van der Waals surface area contributed by atoms with E-state index in [1.54, 1.807) is 0 Å². The van der Waals surface area contributed by atoms with E-state index in [0.29, 0.717) is 6.61 Å². The van der Waals surface area contributed by atoms with Gasteiger partial charge >= 0.3 is 5.97 Å². The van der Waals surface area contributed by atoms with Gasteiger partial charge in [-0.25, -0.2) is 4.79 Å². The number of carbonyl (C=O) groups excluding carboxylic acids is 1. The predicted molar refractivity (Wildman–Crippen MR) is 58.2 cm³/mol. The van der Waals surface area contributed by atoms with E-state index in [2.05, 4.69) is 25.3 Å². The molecule has 0 saturated heterocycles. The zero-order chi connectivity index (χ0) is 10.8. The quantitative estimate of drug-likeness (QED) is 0.441. The maximum absolute atomic E-state index is 10.7. The first-order chi connectivity index (χ1) is 6.74. The summed E-state index contributed by atoms with van der Waals surface area (Å²) < 4.78 is 4.90. The zero-order valence-corrected chi connectivity index (χ0v) is 9.29. The highest BCUT2D eigenvalue weighted by atomic mass is 16.5. The van der Waals surface area contributed by atoms with Crippen molar-refractivity contribution in [2.24, 2.45) is 0 Å². The molecule has 0 aliphatic carbocycles. The predicted octanol–water partition coefficient (Wildman–Crippen LogP) is 1.84. The number of hydrogen-bond acceptors (Lipinski definition) is 3. The molecule has 0 aliphatic rings. The topological polar surface area (TPSA) is 29.5 Å². The van der Waals surface area contributed by atoms with Crippen LogP contribution in [0.15, 0.2) is 12.7 Å². The summed E-state index contributed by atoms with van der Waals surface area (Å²) in [5.41, 5.74) is 0. The van der Waals surface area contributed by atoms with Crippen LogP contribution in [0.5, 0.6) is 0 Å². The van der Waals surface area contributed by atoms with Crippen molar-refractivity contribution in [1.29, 1.82) is 0 Å². The van der Waals surface area contributed by atoms with E-state index >= 15 is 0 Å². The first-order valence-corrected chi connectivity index (χ1v) is 5.26. The third-order valence-corrected chi connectivity index (χ3v) is 2.09. The maximum Gasteiger partial charge on any atom is 0.330 e. The van der Waals surface area contributed by atoms with Gasteiger partial charge < -0.3 is 9.64 Å². The van der Waals surface area contributed by atoms with Crippen molar-refractivity contribution in [2.75, 3.05) is 26.2 Å². The minimum atomic E-state index is -0.337.